The number of ether oxygens (including phenoxy) is 1. The fraction of sp³-hybridized carbons (Fsp3) is 0.562. The van der Waals surface area contributed by atoms with E-state index in [-0.39, 0.29) is 12.0 Å². The van der Waals surface area contributed by atoms with Crippen LogP contribution in [0.2, 0.25) is 0 Å². The maximum atomic E-state index is 12.6. The van der Waals surface area contributed by atoms with Crippen molar-refractivity contribution in [3.63, 3.8) is 0 Å². The summed E-state index contributed by atoms with van der Waals surface area (Å²) in [6.45, 7) is 3.89. The van der Waals surface area contributed by atoms with Crippen LogP contribution in [0.4, 0.5) is 0 Å². The molecular weight excluding hydrogens is 332 g/mol. The number of benzene rings is 1. The monoisotopic (exact) mass is 352 g/mol. The summed E-state index contributed by atoms with van der Waals surface area (Å²) in [6, 6.07) is 8.09. The average molecular weight is 353 g/mol. The van der Waals surface area contributed by atoms with Crippen LogP contribution in [0, 0.1) is 5.92 Å². The molecular formula is C16H21BrN2O2. The maximum absolute atomic E-state index is 12.6. The zero-order valence-corrected chi connectivity index (χ0v) is 13.6. The van der Waals surface area contributed by atoms with Crippen molar-refractivity contribution in [1.29, 1.82) is 0 Å². The number of nitrogens with one attached hydrogen (secondary N) is 1. The van der Waals surface area contributed by atoms with Gasteiger partial charge in [-0.05, 0) is 37.6 Å². The van der Waals surface area contributed by atoms with E-state index >= 15 is 0 Å². The lowest BCUT2D eigenvalue weighted by Gasteiger charge is -2.36. The van der Waals surface area contributed by atoms with Crippen LogP contribution in [-0.2, 0) is 9.53 Å². The molecule has 0 unspecified atom stereocenters. The summed E-state index contributed by atoms with van der Waals surface area (Å²) in [5.74, 6) is 0.487. The second-order valence-corrected chi connectivity index (χ2v) is 6.54. The van der Waals surface area contributed by atoms with E-state index in [2.05, 4.69) is 27.3 Å². The lowest BCUT2D eigenvalue weighted by atomic mass is 9.96. The fourth-order valence-electron chi connectivity index (χ4n) is 3.10. The van der Waals surface area contributed by atoms with Crippen LogP contribution in [0.3, 0.4) is 0 Å². The number of nitrogens with zero attached hydrogens (tertiary/aromatic N) is 1. The summed E-state index contributed by atoms with van der Waals surface area (Å²) < 4.78 is 6.92. The minimum Gasteiger partial charge on any atom is -0.370 e. The third-order valence-corrected chi connectivity index (χ3v) is 5.04. The van der Waals surface area contributed by atoms with E-state index in [9.17, 15) is 4.79 Å². The number of piperidine rings is 1. The van der Waals surface area contributed by atoms with E-state index in [4.69, 9.17) is 4.74 Å². The Bertz CT molecular complexity index is 503. The number of hydrogen-bond donors (Lipinski definition) is 1. The SMILES string of the molecule is O=C(C1CCNCC1)N1CCO[C@H](c2ccccc2Br)C1. The first-order valence-corrected chi connectivity index (χ1v) is 8.40. The van der Waals surface area contributed by atoms with Crippen LogP contribution in [0.15, 0.2) is 28.7 Å². The Kier molecular flexibility index (Phi) is 4.93. The summed E-state index contributed by atoms with van der Waals surface area (Å²) in [7, 11) is 0. The molecule has 1 N–H and O–H groups in total. The Labute approximate surface area is 134 Å². The van der Waals surface area contributed by atoms with Crippen LogP contribution in [0.1, 0.15) is 24.5 Å². The maximum Gasteiger partial charge on any atom is 0.225 e. The van der Waals surface area contributed by atoms with Gasteiger partial charge in [0.05, 0.1) is 13.2 Å². The van der Waals surface area contributed by atoms with E-state index in [0.29, 0.717) is 25.6 Å². The Balaban J connectivity index is 1.68. The molecule has 0 bridgehead atoms. The zero-order valence-electron chi connectivity index (χ0n) is 12.1. The van der Waals surface area contributed by atoms with Gasteiger partial charge in [-0.3, -0.25) is 4.79 Å². The highest BCUT2D eigenvalue weighted by Gasteiger charge is 2.31. The number of amides is 1. The first kappa shape index (κ1) is 15.0. The van der Waals surface area contributed by atoms with Crippen LogP contribution in [0.25, 0.3) is 0 Å². The van der Waals surface area contributed by atoms with Gasteiger partial charge in [0.25, 0.3) is 0 Å². The molecule has 0 spiro atoms. The summed E-state index contributed by atoms with van der Waals surface area (Å²) in [4.78, 5) is 14.6. The number of carbonyl (C=O) groups excluding carboxylic acids is 1. The molecule has 2 fully saturated rings. The van der Waals surface area contributed by atoms with Gasteiger partial charge in [-0.25, -0.2) is 0 Å². The Morgan fingerprint density at radius 1 is 1.29 bits per heavy atom. The van der Waals surface area contributed by atoms with Crippen molar-refractivity contribution in [3.05, 3.63) is 34.3 Å². The van der Waals surface area contributed by atoms with Gasteiger partial charge >= 0.3 is 0 Å². The number of carbonyl (C=O) groups is 1. The van der Waals surface area contributed by atoms with E-state index in [1.807, 2.05) is 23.1 Å². The van der Waals surface area contributed by atoms with Crippen LogP contribution in [0.5, 0.6) is 0 Å². The first-order chi connectivity index (χ1) is 10.3. The molecule has 21 heavy (non-hydrogen) atoms. The lowest BCUT2D eigenvalue weighted by molar-refractivity contribution is -0.144. The standard InChI is InChI=1S/C16H21BrN2O2/c17-14-4-2-1-3-13(14)15-11-19(9-10-21-15)16(20)12-5-7-18-8-6-12/h1-4,12,15,18H,5-11H2/t15-/m0/s1. The van der Waals surface area contributed by atoms with Gasteiger partial charge in [0.15, 0.2) is 0 Å². The van der Waals surface area contributed by atoms with Crippen molar-refractivity contribution in [1.82, 2.24) is 10.2 Å². The Morgan fingerprint density at radius 2 is 2.05 bits per heavy atom. The van der Waals surface area contributed by atoms with Gasteiger partial charge in [-0.2, -0.15) is 0 Å². The molecule has 4 nitrogen and oxygen atoms in total. The molecule has 3 rings (SSSR count). The predicted octanol–water partition coefficient (Wildman–Crippen LogP) is 2.35. The molecule has 5 heteroatoms. The first-order valence-electron chi connectivity index (χ1n) is 7.61. The molecule has 0 saturated carbocycles. The molecule has 114 valence electrons. The predicted molar refractivity (Wildman–Crippen MR) is 85.0 cm³/mol. The van der Waals surface area contributed by atoms with Gasteiger partial charge in [-0.1, -0.05) is 34.1 Å². The molecule has 0 aliphatic carbocycles. The summed E-state index contributed by atoms with van der Waals surface area (Å²) in [5, 5.41) is 3.31. The third-order valence-electron chi connectivity index (χ3n) is 4.32. The van der Waals surface area contributed by atoms with Gasteiger partial charge in [0, 0.05) is 16.9 Å². The summed E-state index contributed by atoms with van der Waals surface area (Å²) >= 11 is 3.57. The van der Waals surface area contributed by atoms with Crippen molar-refractivity contribution in [2.24, 2.45) is 5.92 Å². The topological polar surface area (TPSA) is 41.6 Å². The average Bonchev–Trinajstić information content (AvgIpc) is 2.55. The minimum atomic E-state index is -0.0278. The molecule has 2 heterocycles. The van der Waals surface area contributed by atoms with Gasteiger partial charge < -0.3 is 15.0 Å². The molecule has 1 atom stereocenters. The van der Waals surface area contributed by atoms with E-state index in [1.54, 1.807) is 0 Å². The smallest absolute Gasteiger partial charge is 0.225 e. The van der Waals surface area contributed by atoms with E-state index in [0.717, 1.165) is 36.0 Å². The molecule has 2 aliphatic heterocycles. The highest BCUT2D eigenvalue weighted by Crippen LogP contribution is 2.29. The van der Waals surface area contributed by atoms with Crippen molar-refractivity contribution in [3.8, 4) is 0 Å². The molecule has 0 aromatic heterocycles. The third kappa shape index (κ3) is 3.47. The highest BCUT2D eigenvalue weighted by molar-refractivity contribution is 9.10. The highest BCUT2D eigenvalue weighted by atomic mass is 79.9. The van der Waals surface area contributed by atoms with Gasteiger partial charge in [0.1, 0.15) is 6.10 Å². The molecule has 1 aromatic carbocycles. The van der Waals surface area contributed by atoms with Crippen molar-refractivity contribution in [2.45, 2.75) is 18.9 Å². The van der Waals surface area contributed by atoms with Crippen molar-refractivity contribution in [2.75, 3.05) is 32.8 Å². The molecule has 2 saturated heterocycles. The number of rotatable bonds is 2. The quantitative estimate of drug-likeness (QED) is 0.888. The second-order valence-electron chi connectivity index (χ2n) is 5.69. The fourth-order valence-corrected chi connectivity index (χ4v) is 3.64. The number of halogens is 1. The largest absolute Gasteiger partial charge is 0.370 e. The zero-order chi connectivity index (χ0) is 14.7. The minimum absolute atomic E-state index is 0.0278. The number of hydrogen-bond acceptors (Lipinski definition) is 3. The van der Waals surface area contributed by atoms with Gasteiger partial charge in [0.2, 0.25) is 5.91 Å². The lowest BCUT2D eigenvalue weighted by Crippen LogP contribution is -2.47. The van der Waals surface area contributed by atoms with E-state index in [1.165, 1.54) is 0 Å². The molecule has 0 radical (unpaired) electrons. The van der Waals surface area contributed by atoms with Crippen LogP contribution in [-0.4, -0.2) is 43.6 Å². The normalized spacial score (nSPS) is 24.0. The second kappa shape index (κ2) is 6.90. The Hall–Kier alpha value is -0.910. The van der Waals surface area contributed by atoms with E-state index < -0.39 is 0 Å². The summed E-state index contributed by atoms with van der Waals surface area (Å²) in [5.41, 5.74) is 1.13. The van der Waals surface area contributed by atoms with Crippen LogP contribution < -0.4 is 5.32 Å². The number of morpholine rings is 1. The summed E-state index contributed by atoms with van der Waals surface area (Å²) in [6.07, 6.45) is 1.88. The van der Waals surface area contributed by atoms with Crippen molar-refractivity contribution < 1.29 is 9.53 Å². The molecule has 2 aliphatic rings. The Morgan fingerprint density at radius 3 is 2.81 bits per heavy atom. The molecule has 1 amide bonds. The molecule has 1 aromatic rings. The van der Waals surface area contributed by atoms with Crippen molar-refractivity contribution >= 4 is 21.8 Å². The van der Waals surface area contributed by atoms with Gasteiger partial charge in [-0.15, -0.1) is 0 Å². The van der Waals surface area contributed by atoms with Crippen LogP contribution >= 0.6 is 15.9 Å².